The second kappa shape index (κ2) is 7.61. The first kappa shape index (κ1) is 18.0. The summed E-state index contributed by atoms with van der Waals surface area (Å²) in [6, 6.07) is 9.77. The Morgan fingerprint density at radius 3 is 2.62 bits per heavy atom. The van der Waals surface area contributed by atoms with E-state index in [4.69, 9.17) is 16.3 Å². The van der Waals surface area contributed by atoms with Crippen molar-refractivity contribution in [3.05, 3.63) is 53.2 Å². The molecule has 8 heteroatoms. The van der Waals surface area contributed by atoms with Crippen molar-refractivity contribution in [3.8, 4) is 0 Å². The van der Waals surface area contributed by atoms with Gasteiger partial charge in [-0.2, -0.15) is 4.98 Å². The van der Waals surface area contributed by atoms with E-state index in [1.165, 1.54) is 6.92 Å². The van der Waals surface area contributed by atoms with Crippen LogP contribution in [0.15, 0.2) is 36.7 Å². The van der Waals surface area contributed by atoms with Crippen molar-refractivity contribution in [2.45, 2.75) is 26.3 Å². The molecule has 2 heterocycles. The average Bonchev–Trinajstić information content (AvgIpc) is 2.98. The lowest BCUT2D eigenvalue weighted by Crippen LogP contribution is -2.24. The Morgan fingerprint density at radius 1 is 1.23 bits per heavy atom. The van der Waals surface area contributed by atoms with Crippen molar-refractivity contribution < 1.29 is 14.3 Å². The molecule has 3 aromatic rings. The molecule has 0 spiro atoms. The quantitative estimate of drug-likeness (QED) is 0.375. The molecule has 0 radical (unpaired) electrons. The summed E-state index contributed by atoms with van der Waals surface area (Å²) in [5.74, 6) is -2.25. The number of hydrogen-bond acceptors (Lipinski definition) is 6. The topological polar surface area (TPSA) is 87.0 Å². The van der Waals surface area contributed by atoms with Crippen LogP contribution in [0.5, 0.6) is 0 Å². The number of aromatic nitrogens is 4. The second-order valence-corrected chi connectivity index (χ2v) is 6.04. The van der Waals surface area contributed by atoms with Gasteiger partial charge in [-0.1, -0.05) is 30.3 Å². The Kier molecular flexibility index (Phi) is 5.27. The summed E-state index contributed by atoms with van der Waals surface area (Å²) in [6.07, 6.45) is 1.59. The van der Waals surface area contributed by atoms with Crippen LogP contribution in [-0.4, -0.2) is 37.9 Å². The van der Waals surface area contributed by atoms with E-state index >= 15 is 0 Å². The Hall–Kier alpha value is -2.80. The molecule has 1 aromatic carbocycles. The molecule has 0 aliphatic carbocycles. The number of Topliss-reactive ketones (excluding diaryl/α,β-unsaturated/α-hetero) is 1. The van der Waals surface area contributed by atoms with Crippen molar-refractivity contribution in [1.29, 1.82) is 0 Å². The monoisotopic (exact) mass is 372 g/mol. The van der Waals surface area contributed by atoms with Gasteiger partial charge in [0.1, 0.15) is 11.3 Å². The van der Waals surface area contributed by atoms with E-state index in [9.17, 15) is 9.59 Å². The highest BCUT2D eigenvalue weighted by atomic mass is 35.5. The van der Waals surface area contributed by atoms with Crippen LogP contribution >= 0.6 is 11.6 Å². The number of hydrogen-bond donors (Lipinski definition) is 0. The molecule has 0 saturated carbocycles. The minimum atomic E-state index is -1.18. The van der Waals surface area contributed by atoms with Gasteiger partial charge in [0.25, 0.3) is 0 Å². The highest BCUT2D eigenvalue weighted by Gasteiger charge is 2.32. The third-order valence-electron chi connectivity index (χ3n) is 3.86. The minimum Gasteiger partial charge on any atom is -0.465 e. The van der Waals surface area contributed by atoms with Crippen LogP contribution in [0.4, 0.5) is 0 Å². The van der Waals surface area contributed by atoms with E-state index in [2.05, 4.69) is 15.0 Å². The van der Waals surface area contributed by atoms with Crippen LogP contribution in [0.2, 0.25) is 5.28 Å². The van der Waals surface area contributed by atoms with Gasteiger partial charge < -0.3 is 9.30 Å². The lowest BCUT2D eigenvalue weighted by Gasteiger charge is -2.13. The summed E-state index contributed by atoms with van der Waals surface area (Å²) in [7, 11) is 0. The van der Waals surface area contributed by atoms with Gasteiger partial charge in [-0.15, -0.1) is 0 Å². The maximum absolute atomic E-state index is 12.3. The van der Waals surface area contributed by atoms with Gasteiger partial charge >= 0.3 is 5.97 Å². The van der Waals surface area contributed by atoms with Crippen LogP contribution in [0.1, 0.15) is 31.0 Å². The van der Waals surface area contributed by atoms with E-state index in [0.717, 1.165) is 5.56 Å². The lowest BCUT2D eigenvalue weighted by atomic mass is 10.0. The normalized spacial score (nSPS) is 12.1. The molecule has 7 nitrogen and oxygen atoms in total. The molecule has 0 aliphatic heterocycles. The van der Waals surface area contributed by atoms with Crippen molar-refractivity contribution in [1.82, 2.24) is 19.5 Å². The number of halogens is 1. The van der Waals surface area contributed by atoms with Gasteiger partial charge in [-0.05, 0) is 31.0 Å². The Morgan fingerprint density at radius 2 is 1.96 bits per heavy atom. The van der Waals surface area contributed by atoms with Crippen LogP contribution in [0.3, 0.4) is 0 Å². The van der Waals surface area contributed by atoms with Crippen LogP contribution in [-0.2, 0) is 20.9 Å². The van der Waals surface area contributed by atoms with Gasteiger partial charge in [0, 0.05) is 0 Å². The van der Waals surface area contributed by atoms with Crippen molar-refractivity contribution in [2.24, 2.45) is 0 Å². The van der Waals surface area contributed by atoms with E-state index in [0.29, 0.717) is 17.7 Å². The number of carbonyl (C=O) groups excluding carboxylic acids is 2. The zero-order valence-corrected chi connectivity index (χ0v) is 15.1. The average molecular weight is 373 g/mol. The van der Waals surface area contributed by atoms with Gasteiger partial charge in [-0.3, -0.25) is 9.59 Å². The van der Waals surface area contributed by atoms with E-state index < -0.39 is 17.7 Å². The Bertz CT molecular complexity index is 956. The zero-order chi connectivity index (χ0) is 18.7. The molecule has 1 unspecified atom stereocenters. The van der Waals surface area contributed by atoms with Gasteiger partial charge in [-0.25, -0.2) is 9.97 Å². The summed E-state index contributed by atoms with van der Waals surface area (Å²) < 4.78 is 6.81. The molecule has 0 amide bonds. The number of benzene rings is 1. The highest BCUT2D eigenvalue weighted by molar-refractivity contribution is 6.28. The number of nitrogens with zero attached hydrogens (tertiary/aromatic N) is 4. The van der Waals surface area contributed by atoms with E-state index in [1.54, 1.807) is 17.8 Å². The fraction of sp³-hybridized carbons (Fsp3) is 0.278. The van der Waals surface area contributed by atoms with Crippen molar-refractivity contribution in [2.75, 3.05) is 6.61 Å². The summed E-state index contributed by atoms with van der Waals surface area (Å²) in [5, 5.41) is -0.0575. The van der Waals surface area contributed by atoms with Gasteiger partial charge in [0.15, 0.2) is 11.6 Å². The second-order valence-electron chi connectivity index (χ2n) is 5.70. The van der Waals surface area contributed by atoms with E-state index in [1.807, 2.05) is 30.3 Å². The predicted molar refractivity (Wildman–Crippen MR) is 95.9 cm³/mol. The molecule has 134 valence electrons. The van der Waals surface area contributed by atoms with Crippen LogP contribution < -0.4 is 0 Å². The molecule has 0 saturated heterocycles. The first-order valence-electron chi connectivity index (χ1n) is 8.10. The zero-order valence-electron chi connectivity index (χ0n) is 14.3. The molecule has 26 heavy (non-hydrogen) atoms. The van der Waals surface area contributed by atoms with Gasteiger partial charge in [0.05, 0.1) is 25.2 Å². The molecular weight excluding hydrogens is 356 g/mol. The first-order valence-corrected chi connectivity index (χ1v) is 8.48. The fourth-order valence-electron chi connectivity index (χ4n) is 2.73. The minimum absolute atomic E-state index is 0.0575. The smallest absolute Gasteiger partial charge is 0.322 e. The number of carbonyl (C=O) groups is 2. The number of ketones is 1. The summed E-state index contributed by atoms with van der Waals surface area (Å²) >= 11 is 6.06. The third-order valence-corrected chi connectivity index (χ3v) is 4.03. The number of esters is 1. The largest absolute Gasteiger partial charge is 0.465 e. The third kappa shape index (κ3) is 3.57. The maximum atomic E-state index is 12.3. The Balaban J connectivity index is 2.09. The summed E-state index contributed by atoms with van der Waals surface area (Å²) in [6.45, 7) is 3.66. The molecule has 1 atom stereocenters. The van der Waals surface area contributed by atoms with Crippen LogP contribution in [0.25, 0.3) is 11.2 Å². The SMILES string of the molecule is CCOC(=O)C(C(C)=O)c1nc(Cl)nc2c1ncn2Cc1ccccc1. The van der Waals surface area contributed by atoms with Crippen LogP contribution in [0, 0.1) is 0 Å². The molecule has 0 aliphatic rings. The molecule has 3 rings (SSSR count). The summed E-state index contributed by atoms with van der Waals surface area (Å²) in [4.78, 5) is 37.0. The van der Waals surface area contributed by atoms with Gasteiger partial charge in [0.2, 0.25) is 5.28 Å². The summed E-state index contributed by atoms with van der Waals surface area (Å²) in [5.41, 5.74) is 2.03. The molecule has 0 N–H and O–H groups in total. The standard InChI is InChI=1S/C18H17ClN4O3/c1-3-26-17(25)13(11(2)24)14-15-16(22-18(19)21-14)23(10-20-15)9-12-7-5-4-6-8-12/h4-8,10,13H,3,9H2,1-2H3. The molecule has 0 bridgehead atoms. The Labute approximate surface area is 155 Å². The predicted octanol–water partition coefficient (Wildman–Crippen LogP) is 2.76. The number of fused-ring (bicyclic) bond motifs is 1. The highest BCUT2D eigenvalue weighted by Crippen LogP contribution is 2.26. The molecule has 0 fully saturated rings. The molecular formula is C18H17ClN4O3. The van der Waals surface area contributed by atoms with Crippen molar-refractivity contribution in [3.63, 3.8) is 0 Å². The van der Waals surface area contributed by atoms with E-state index in [-0.39, 0.29) is 17.6 Å². The number of imidazole rings is 1. The first-order chi connectivity index (χ1) is 12.5. The van der Waals surface area contributed by atoms with Crippen molar-refractivity contribution >= 4 is 34.5 Å². The maximum Gasteiger partial charge on any atom is 0.322 e. The fourth-order valence-corrected chi connectivity index (χ4v) is 2.90. The molecule has 2 aromatic heterocycles. The lowest BCUT2D eigenvalue weighted by molar-refractivity contribution is -0.147. The number of ether oxygens (including phenoxy) is 1. The number of rotatable bonds is 6.